The third kappa shape index (κ3) is 2.04. The van der Waals surface area contributed by atoms with Gasteiger partial charge in [0.15, 0.2) is 0 Å². The van der Waals surface area contributed by atoms with Crippen LogP contribution in [0.3, 0.4) is 0 Å². The fourth-order valence-corrected chi connectivity index (χ4v) is 1.72. The van der Waals surface area contributed by atoms with Gasteiger partial charge in [0.2, 0.25) is 5.56 Å². The Morgan fingerprint density at radius 3 is 2.88 bits per heavy atom. The number of pyridine rings is 1. The first kappa shape index (κ1) is 11.0. The number of alkyl halides is 1. The highest BCUT2D eigenvalue weighted by molar-refractivity contribution is 6.18. The average molecular weight is 238 g/mol. The topological polar surface area (TPSA) is 42.1 Å². The zero-order valence-electron chi connectivity index (χ0n) is 8.92. The standard InChI is InChI=1S/C12H12ClNO2/c1-8-2-4-10(16-7-6-13)9-3-5-11(15)14-12(8)9/h2-5H,6-7H2,1H3,(H,14,15). The molecule has 2 rings (SSSR count). The van der Waals surface area contributed by atoms with E-state index >= 15 is 0 Å². The lowest BCUT2D eigenvalue weighted by atomic mass is 10.1. The van der Waals surface area contributed by atoms with Crippen molar-refractivity contribution in [1.29, 1.82) is 0 Å². The first-order valence-electron chi connectivity index (χ1n) is 5.04. The summed E-state index contributed by atoms with van der Waals surface area (Å²) in [6.07, 6.45) is 0. The summed E-state index contributed by atoms with van der Waals surface area (Å²) < 4.78 is 5.51. The van der Waals surface area contributed by atoms with E-state index in [9.17, 15) is 4.79 Å². The van der Waals surface area contributed by atoms with Gasteiger partial charge in [-0.2, -0.15) is 0 Å². The Morgan fingerprint density at radius 2 is 2.12 bits per heavy atom. The number of benzene rings is 1. The summed E-state index contributed by atoms with van der Waals surface area (Å²) in [6, 6.07) is 7.07. The predicted octanol–water partition coefficient (Wildman–Crippen LogP) is 2.45. The molecule has 0 aliphatic rings. The second-order valence-corrected chi connectivity index (χ2v) is 3.91. The Kier molecular flexibility index (Phi) is 3.15. The van der Waals surface area contributed by atoms with Gasteiger partial charge >= 0.3 is 0 Å². The van der Waals surface area contributed by atoms with Crippen LogP contribution in [0.4, 0.5) is 0 Å². The maximum Gasteiger partial charge on any atom is 0.248 e. The number of nitrogens with one attached hydrogen (secondary N) is 1. The maximum absolute atomic E-state index is 11.2. The van der Waals surface area contributed by atoms with Crippen LogP contribution in [0.1, 0.15) is 5.56 Å². The number of aryl methyl sites for hydroxylation is 1. The molecule has 1 N–H and O–H groups in total. The molecule has 0 saturated carbocycles. The molecular weight excluding hydrogens is 226 g/mol. The summed E-state index contributed by atoms with van der Waals surface area (Å²) >= 11 is 5.58. The van der Waals surface area contributed by atoms with Gasteiger partial charge in [-0.1, -0.05) is 6.07 Å². The van der Waals surface area contributed by atoms with Crippen molar-refractivity contribution in [2.24, 2.45) is 0 Å². The number of hydrogen-bond acceptors (Lipinski definition) is 2. The third-order valence-electron chi connectivity index (χ3n) is 2.40. The summed E-state index contributed by atoms with van der Waals surface area (Å²) in [7, 11) is 0. The SMILES string of the molecule is Cc1ccc(OCCCl)c2ccc(=O)[nH]c12. The molecule has 0 atom stereocenters. The van der Waals surface area contributed by atoms with Gasteiger partial charge in [-0.3, -0.25) is 4.79 Å². The van der Waals surface area contributed by atoms with Gasteiger partial charge in [-0.15, -0.1) is 11.6 Å². The van der Waals surface area contributed by atoms with Crippen molar-refractivity contribution < 1.29 is 4.74 Å². The number of fused-ring (bicyclic) bond motifs is 1. The van der Waals surface area contributed by atoms with E-state index < -0.39 is 0 Å². The molecule has 0 saturated heterocycles. The summed E-state index contributed by atoms with van der Waals surface area (Å²) in [4.78, 5) is 14.0. The Balaban J connectivity index is 2.59. The second-order valence-electron chi connectivity index (χ2n) is 3.53. The van der Waals surface area contributed by atoms with E-state index in [4.69, 9.17) is 16.3 Å². The molecule has 4 heteroatoms. The fourth-order valence-electron chi connectivity index (χ4n) is 1.64. The van der Waals surface area contributed by atoms with E-state index in [1.807, 2.05) is 19.1 Å². The van der Waals surface area contributed by atoms with E-state index in [0.717, 1.165) is 22.2 Å². The van der Waals surface area contributed by atoms with Crippen molar-refractivity contribution in [3.05, 3.63) is 40.2 Å². The van der Waals surface area contributed by atoms with Crippen LogP contribution < -0.4 is 10.3 Å². The molecule has 0 unspecified atom stereocenters. The Morgan fingerprint density at radius 1 is 1.31 bits per heavy atom. The summed E-state index contributed by atoms with van der Waals surface area (Å²) in [5.41, 5.74) is 1.73. The van der Waals surface area contributed by atoms with Crippen LogP contribution in [0.15, 0.2) is 29.1 Å². The summed E-state index contributed by atoms with van der Waals surface area (Å²) in [5, 5.41) is 0.907. The number of aromatic nitrogens is 1. The Hall–Kier alpha value is -1.48. The highest BCUT2D eigenvalue weighted by atomic mass is 35.5. The molecular formula is C12H12ClNO2. The number of H-pyrrole nitrogens is 1. The van der Waals surface area contributed by atoms with Gasteiger partial charge in [-0.05, 0) is 24.6 Å². The van der Waals surface area contributed by atoms with Crippen molar-refractivity contribution in [1.82, 2.24) is 4.98 Å². The largest absolute Gasteiger partial charge is 0.492 e. The second kappa shape index (κ2) is 4.58. The van der Waals surface area contributed by atoms with Crippen LogP contribution in [-0.4, -0.2) is 17.5 Å². The molecule has 0 aliphatic heterocycles. The molecule has 84 valence electrons. The Labute approximate surface area is 98.0 Å². The van der Waals surface area contributed by atoms with Gasteiger partial charge in [-0.25, -0.2) is 0 Å². The minimum Gasteiger partial charge on any atom is -0.492 e. The van der Waals surface area contributed by atoms with E-state index in [0.29, 0.717) is 12.5 Å². The smallest absolute Gasteiger partial charge is 0.248 e. The summed E-state index contributed by atoms with van der Waals surface area (Å²) in [6.45, 7) is 2.41. The molecule has 0 amide bonds. The number of rotatable bonds is 3. The Bertz CT molecular complexity index is 562. The predicted molar refractivity (Wildman–Crippen MR) is 65.5 cm³/mol. The highest BCUT2D eigenvalue weighted by Crippen LogP contribution is 2.25. The molecule has 16 heavy (non-hydrogen) atoms. The van der Waals surface area contributed by atoms with Crippen LogP contribution in [0.5, 0.6) is 5.75 Å². The van der Waals surface area contributed by atoms with E-state index in [1.54, 1.807) is 6.07 Å². The van der Waals surface area contributed by atoms with Crippen molar-refractivity contribution >= 4 is 22.5 Å². The quantitative estimate of drug-likeness (QED) is 0.834. The van der Waals surface area contributed by atoms with Gasteiger partial charge < -0.3 is 9.72 Å². The zero-order valence-corrected chi connectivity index (χ0v) is 9.67. The normalized spacial score (nSPS) is 10.6. The van der Waals surface area contributed by atoms with Crippen LogP contribution in [0.25, 0.3) is 10.9 Å². The minimum atomic E-state index is -0.106. The first-order chi connectivity index (χ1) is 7.72. The summed E-state index contributed by atoms with van der Waals surface area (Å²) in [5.74, 6) is 1.19. The van der Waals surface area contributed by atoms with Gasteiger partial charge in [0.1, 0.15) is 12.4 Å². The lowest BCUT2D eigenvalue weighted by Gasteiger charge is -2.09. The number of halogens is 1. The van der Waals surface area contributed by atoms with Crippen LogP contribution in [0, 0.1) is 6.92 Å². The number of ether oxygens (including phenoxy) is 1. The molecule has 2 aromatic rings. The molecule has 0 fully saturated rings. The third-order valence-corrected chi connectivity index (χ3v) is 2.55. The van der Waals surface area contributed by atoms with E-state index in [-0.39, 0.29) is 5.56 Å². The monoisotopic (exact) mass is 237 g/mol. The molecule has 1 heterocycles. The fraction of sp³-hybridized carbons (Fsp3) is 0.250. The lowest BCUT2D eigenvalue weighted by molar-refractivity contribution is 0.347. The van der Waals surface area contributed by atoms with Crippen molar-refractivity contribution in [2.45, 2.75) is 6.92 Å². The van der Waals surface area contributed by atoms with Crippen molar-refractivity contribution in [3.63, 3.8) is 0 Å². The molecule has 3 nitrogen and oxygen atoms in total. The number of hydrogen-bond donors (Lipinski definition) is 1. The molecule has 0 spiro atoms. The van der Waals surface area contributed by atoms with E-state index in [2.05, 4.69) is 4.98 Å². The molecule has 1 aromatic carbocycles. The zero-order chi connectivity index (χ0) is 11.5. The average Bonchev–Trinajstić information content (AvgIpc) is 2.29. The molecule has 0 bridgehead atoms. The van der Waals surface area contributed by atoms with Gasteiger partial charge in [0, 0.05) is 11.5 Å². The van der Waals surface area contributed by atoms with Crippen molar-refractivity contribution in [2.75, 3.05) is 12.5 Å². The molecule has 1 aromatic heterocycles. The molecule has 0 radical (unpaired) electrons. The minimum absolute atomic E-state index is 0.106. The van der Waals surface area contributed by atoms with Crippen LogP contribution >= 0.6 is 11.6 Å². The highest BCUT2D eigenvalue weighted by Gasteiger charge is 2.05. The lowest BCUT2D eigenvalue weighted by Crippen LogP contribution is -2.05. The van der Waals surface area contributed by atoms with Gasteiger partial charge in [0.05, 0.1) is 11.4 Å². The number of aromatic amines is 1. The van der Waals surface area contributed by atoms with Crippen LogP contribution in [-0.2, 0) is 0 Å². The van der Waals surface area contributed by atoms with E-state index in [1.165, 1.54) is 6.07 Å². The van der Waals surface area contributed by atoms with Crippen molar-refractivity contribution in [3.8, 4) is 5.75 Å². The maximum atomic E-state index is 11.2. The van der Waals surface area contributed by atoms with Crippen LogP contribution in [0.2, 0.25) is 0 Å². The molecule has 0 aliphatic carbocycles. The van der Waals surface area contributed by atoms with Gasteiger partial charge in [0.25, 0.3) is 0 Å². The first-order valence-corrected chi connectivity index (χ1v) is 5.57.